The molecule has 5 nitrogen and oxygen atoms in total. The van der Waals surface area contributed by atoms with Crippen molar-refractivity contribution < 1.29 is 9.59 Å². The summed E-state index contributed by atoms with van der Waals surface area (Å²) < 4.78 is 0. The van der Waals surface area contributed by atoms with Crippen LogP contribution >= 0.6 is 11.6 Å². The third-order valence-electron chi connectivity index (χ3n) is 6.40. The van der Waals surface area contributed by atoms with Crippen molar-refractivity contribution in [1.82, 2.24) is 15.1 Å². The average molecular weight is 390 g/mol. The Kier molecular flexibility index (Phi) is 5.17. The van der Waals surface area contributed by atoms with E-state index in [1.54, 1.807) is 0 Å². The number of piperidine rings is 1. The number of hydrogen-bond donors (Lipinski definition) is 1. The molecule has 6 heteroatoms. The highest BCUT2D eigenvalue weighted by atomic mass is 35.5. The Morgan fingerprint density at radius 2 is 1.93 bits per heavy atom. The molecule has 3 fully saturated rings. The van der Waals surface area contributed by atoms with Crippen LogP contribution in [0, 0.1) is 5.41 Å². The number of hydrogen-bond acceptors (Lipinski definition) is 3. The Morgan fingerprint density at radius 3 is 2.56 bits per heavy atom. The van der Waals surface area contributed by atoms with E-state index in [-0.39, 0.29) is 23.3 Å². The summed E-state index contributed by atoms with van der Waals surface area (Å²) in [5.74, 6) is 0.401. The maximum absolute atomic E-state index is 12.6. The molecule has 3 aliphatic rings. The van der Waals surface area contributed by atoms with Crippen molar-refractivity contribution >= 4 is 23.4 Å². The molecular formula is C21H28ClN3O2. The van der Waals surface area contributed by atoms with Gasteiger partial charge in [0.1, 0.15) is 0 Å². The van der Waals surface area contributed by atoms with Crippen LogP contribution < -0.4 is 5.32 Å². The number of carbonyl (C=O) groups excluding carboxylic acids is 2. The first-order chi connectivity index (χ1) is 12.9. The van der Waals surface area contributed by atoms with Crippen molar-refractivity contribution in [3.8, 4) is 0 Å². The van der Waals surface area contributed by atoms with Crippen molar-refractivity contribution in [3.63, 3.8) is 0 Å². The van der Waals surface area contributed by atoms with Gasteiger partial charge in [0.05, 0.1) is 6.04 Å². The van der Waals surface area contributed by atoms with Gasteiger partial charge in [-0.05, 0) is 68.8 Å². The number of benzene rings is 1. The average Bonchev–Trinajstić information content (AvgIpc) is 3.41. The van der Waals surface area contributed by atoms with E-state index in [1.165, 1.54) is 0 Å². The maximum Gasteiger partial charge on any atom is 0.237 e. The molecule has 2 heterocycles. The van der Waals surface area contributed by atoms with E-state index in [0.717, 1.165) is 55.9 Å². The number of rotatable bonds is 5. The first-order valence-electron chi connectivity index (χ1n) is 10.0. The molecule has 1 atom stereocenters. The molecule has 1 spiro atoms. The summed E-state index contributed by atoms with van der Waals surface area (Å²) in [6, 6.07) is 8.06. The van der Waals surface area contributed by atoms with Crippen molar-refractivity contribution in [2.24, 2.45) is 5.41 Å². The van der Waals surface area contributed by atoms with Crippen LogP contribution in [-0.2, 0) is 16.1 Å². The van der Waals surface area contributed by atoms with E-state index >= 15 is 0 Å². The fourth-order valence-corrected chi connectivity index (χ4v) is 4.50. The first-order valence-corrected chi connectivity index (χ1v) is 10.4. The lowest BCUT2D eigenvalue weighted by Crippen LogP contribution is -2.51. The van der Waals surface area contributed by atoms with Gasteiger partial charge in [-0.1, -0.05) is 23.7 Å². The van der Waals surface area contributed by atoms with Crippen LogP contribution in [0.5, 0.6) is 0 Å². The van der Waals surface area contributed by atoms with Crippen molar-refractivity contribution in [1.29, 1.82) is 0 Å². The molecule has 0 aromatic heterocycles. The number of halogens is 1. The van der Waals surface area contributed by atoms with Crippen LogP contribution in [0.25, 0.3) is 0 Å². The number of carbonyl (C=O) groups is 2. The molecular weight excluding hydrogens is 362 g/mol. The smallest absolute Gasteiger partial charge is 0.237 e. The van der Waals surface area contributed by atoms with Crippen LogP contribution in [0.1, 0.15) is 44.6 Å². The van der Waals surface area contributed by atoms with Gasteiger partial charge in [-0.15, -0.1) is 0 Å². The van der Waals surface area contributed by atoms with Gasteiger partial charge in [-0.3, -0.25) is 14.5 Å². The molecule has 1 saturated carbocycles. The predicted molar refractivity (Wildman–Crippen MR) is 105 cm³/mol. The van der Waals surface area contributed by atoms with Gasteiger partial charge in [0.2, 0.25) is 11.8 Å². The molecule has 27 heavy (non-hydrogen) atoms. The lowest BCUT2D eigenvalue weighted by Gasteiger charge is -2.40. The van der Waals surface area contributed by atoms with Crippen LogP contribution in [0.15, 0.2) is 24.3 Å². The monoisotopic (exact) mass is 389 g/mol. The fourth-order valence-electron chi connectivity index (χ4n) is 4.37. The van der Waals surface area contributed by atoms with Gasteiger partial charge in [0.15, 0.2) is 0 Å². The van der Waals surface area contributed by atoms with E-state index in [2.05, 4.69) is 10.2 Å². The molecule has 0 bridgehead atoms. The topological polar surface area (TPSA) is 52.7 Å². The molecule has 146 valence electrons. The first kappa shape index (κ1) is 18.8. The summed E-state index contributed by atoms with van der Waals surface area (Å²) in [6.07, 6.45) is 4.84. The molecule has 1 unspecified atom stereocenters. The summed E-state index contributed by atoms with van der Waals surface area (Å²) in [5, 5.41) is 3.82. The summed E-state index contributed by atoms with van der Waals surface area (Å²) in [6.45, 7) is 5.26. The largest absolute Gasteiger partial charge is 0.352 e. The van der Waals surface area contributed by atoms with Crippen LogP contribution in [0.2, 0.25) is 5.02 Å². The number of amides is 2. The maximum atomic E-state index is 12.6. The molecule has 4 rings (SSSR count). The standard InChI is InChI=1S/C21H28ClN3O2/c1-15(20(27)23-18-6-7-18)24-10-8-21(9-11-24)12-19(26)25(14-21)13-16-2-4-17(22)5-3-16/h2-5,15,18H,6-14H2,1H3,(H,23,27). The second-order valence-electron chi connectivity index (χ2n) is 8.55. The Hall–Kier alpha value is -1.59. The second kappa shape index (κ2) is 7.44. The highest BCUT2D eigenvalue weighted by molar-refractivity contribution is 6.30. The molecule has 1 aromatic rings. The van der Waals surface area contributed by atoms with Gasteiger partial charge in [-0.25, -0.2) is 0 Å². The quantitative estimate of drug-likeness (QED) is 0.842. The van der Waals surface area contributed by atoms with E-state index in [0.29, 0.717) is 19.0 Å². The molecule has 1 N–H and O–H groups in total. The highest BCUT2D eigenvalue weighted by Crippen LogP contribution is 2.42. The van der Waals surface area contributed by atoms with Crippen LogP contribution in [0.4, 0.5) is 0 Å². The zero-order valence-electron chi connectivity index (χ0n) is 15.9. The van der Waals surface area contributed by atoms with E-state index in [1.807, 2.05) is 36.1 Å². The van der Waals surface area contributed by atoms with E-state index < -0.39 is 0 Å². The molecule has 2 amide bonds. The SMILES string of the molecule is CC(C(=O)NC1CC1)N1CCC2(CC1)CC(=O)N(Cc1ccc(Cl)cc1)C2. The van der Waals surface area contributed by atoms with E-state index in [9.17, 15) is 9.59 Å². The lowest BCUT2D eigenvalue weighted by atomic mass is 9.77. The Balaban J connectivity index is 1.32. The minimum atomic E-state index is -0.0785. The summed E-state index contributed by atoms with van der Waals surface area (Å²) in [5.41, 5.74) is 1.19. The lowest BCUT2D eigenvalue weighted by molar-refractivity contribution is -0.129. The van der Waals surface area contributed by atoms with Gasteiger partial charge >= 0.3 is 0 Å². The normalized spacial score (nSPS) is 23.6. The zero-order valence-corrected chi connectivity index (χ0v) is 16.7. The van der Waals surface area contributed by atoms with Gasteiger partial charge < -0.3 is 10.2 Å². The Morgan fingerprint density at radius 1 is 1.26 bits per heavy atom. The molecule has 1 aromatic carbocycles. The fraction of sp³-hybridized carbons (Fsp3) is 0.619. The zero-order chi connectivity index (χ0) is 19.0. The summed E-state index contributed by atoms with van der Waals surface area (Å²) in [7, 11) is 0. The minimum Gasteiger partial charge on any atom is -0.352 e. The van der Waals surface area contributed by atoms with Crippen molar-refractivity contribution in [2.75, 3.05) is 19.6 Å². The van der Waals surface area contributed by atoms with Crippen molar-refractivity contribution in [3.05, 3.63) is 34.9 Å². The van der Waals surface area contributed by atoms with Gasteiger partial charge in [-0.2, -0.15) is 0 Å². The van der Waals surface area contributed by atoms with Crippen LogP contribution in [-0.4, -0.2) is 53.3 Å². The Labute approximate surface area is 166 Å². The number of likely N-dealkylation sites (tertiary alicyclic amines) is 2. The minimum absolute atomic E-state index is 0.0761. The van der Waals surface area contributed by atoms with Crippen LogP contribution in [0.3, 0.4) is 0 Å². The molecule has 0 radical (unpaired) electrons. The van der Waals surface area contributed by atoms with Gasteiger partial charge in [0, 0.05) is 30.6 Å². The van der Waals surface area contributed by atoms with Crippen molar-refractivity contribution in [2.45, 2.75) is 57.7 Å². The second-order valence-corrected chi connectivity index (χ2v) is 8.98. The summed E-state index contributed by atoms with van der Waals surface area (Å²) >= 11 is 5.95. The van der Waals surface area contributed by atoms with Gasteiger partial charge in [0.25, 0.3) is 0 Å². The third-order valence-corrected chi connectivity index (χ3v) is 6.65. The van der Waals surface area contributed by atoms with E-state index in [4.69, 9.17) is 11.6 Å². The highest BCUT2D eigenvalue weighted by Gasteiger charge is 2.45. The number of nitrogens with one attached hydrogen (secondary N) is 1. The molecule has 2 aliphatic heterocycles. The predicted octanol–water partition coefficient (Wildman–Crippen LogP) is 2.82. The third kappa shape index (κ3) is 4.30. The summed E-state index contributed by atoms with van der Waals surface area (Å²) in [4.78, 5) is 29.2. The molecule has 1 aliphatic carbocycles. The molecule has 2 saturated heterocycles. The number of nitrogens with zero attached hydrogens (tertiary/aromatic N) is 2. The Bertz CT molecular complexity index is 709.